The first-order valence-electron chi connectivity index (χ1n) is 11.2. The summed E-state index contributed by atoms with van der Waals surface area (Å²) in [6.45, 7) is 6.65. The second kappa shape index (κ2) is 9.42. The van der Waals surface area contributed by atoms with Crippen LogP contribution in [0.15, 0.2) is 65.6 Å². The summed E-state index contributed by atoms with van der Waals surface area (Å²) in [6, 6.07) is 19.5. The summed E-state index contributed by atoms with van der Waals surface area (Å²) in [5.41, 5.74) is 4.37. The summed E-state index contributed by atoms with van der Waals surface area (Å²) in [7, 11) is 0. The number of ether oxygens (including phenoxy) is 2. The molecule has 178 valence electrons. The van der Waals surface area contributed by atoms with E-state index in [2.05, 4.69) is 58.8 Å². The fourth-order valence-corrected chi connectivity index (χ4v) is 4.87. The highest BCUT2D eigenvalue weighted by atomic mass is 32.2. The SMILES string of the molecule is CC(C)(C)Sc1ccc(-c2ccccc2-c2nn[nH]n2)cc1NC(=O)Cc1ccc2c(c1)OCO2. The van der Waals surface area contributed by atoms with Crippen molar-refractivity contribution in [1.82, 2.24) is 20.6 Å². The number of aromatic nitrogens is 4. The summed E-state index contributed by atoms with van der Waals surface area (Å²) in [4.78, 5) is 14.1. The number of hydrogen-bond donors (Lipinski definition) is 2. The van der Waals surface area contributed by atoms with Crippen LogP contribution in [0.3, 0.4) is 0 Å². The molecule has 0 radical (unpaired) electrons. The first-order chi connectivity index (χ1) is 16.9. The van der Waals surface area contributed by atoms with Gasteiger partial charge in [-0.2, -0.15) is 5.21 Å². The Labute approximate surface area is 207 Å². The second-order valence-corrected chi connectivity index (χ2v) is 11.0. The third-order valence-corrected chi connectivity index (χ3v) is 6.48. The first-order valence-corrected chi connectivity index (χ1v) is 12.0. The molecule has 0 aliphatic carbocycles. The zero-order chi connectivity index (χ0) is 24.4. The van der Waals surface area contributed by atoms with Gasteiger partial charge in [0.2, 0.25) is 18.5 Å². The lowest BCUT2D eigenvalue weighted by atomic mass is 9.99. The van der Waals surface area contributed by atoms with Crippen molar-refractivity contribution < 1.29 is 14.3 Å². The molecule has 0 bridgehead atoms. The van der Waals surface area contributed by atoms with E-state index in [1.807, 2.05) is 48.5 Å². The predicted molar refractivity (Wildman–Crippen MR) is 136 cm³/mol. The molecule has 3 aromatic carbocycles. The van der Waals surface area contributed by atoms with Crippen molar-refractivity contribution in [1.29, 1.82) is 0 Å². The van der Waals surface area contributed by atoms with Gasteiger partial charge < -0.3 is 14.8 Å². The van der Waals surface area contributed by atoms with E-state index in [9.17, 15) is 4.79 Å². The van der Waals surface area contributed by atoms with E-state index in [4.69, 9.17) is 9.47 Å². The zero-order valence-electron chi connectivity index (χ0n) is 19.7. The summed E-state index contributed by atoms with van der Waals surface area (Å²) < 4.78 is 10.8. The zero-order valence-corrected chi connectivity index (χ0v) is 20.5. The Bertz CT molecular complexity index is 1370. The molecule has 0 unspecified atom stereocenters. The summed E-state index contributed by atoms with van der Waals surface area (Å²) in [5, 5.41) is 17.6. The van der Waals surface area contributed by atoms with Crippen LogP contribution >= 0.6 is 11.8 Å². The van der Waals surface area contributed by atoms with E-state index in [0.29, 0.717) is 17.3 Å². The van der Waals surface area contributed by atoms with Crippen LogP contribution in [0, 0.1) is 0 Å². The van der Waals surface area contributed by atoms with Crippen molar-refractivity contribution in [2.24, 2.45) is 0 Å². The quantitative estimate of drug-likeness (QED) is 0.354. The number of thioether (sulfide) groups is 1. The Morgan fingerprint density at radius 3 is 2.60 bits per heavy atom. The molecule has 0 fully saturated rings. The van der Waals surface area contributed by atoms with Crippen molar-refractivity contribution in [3.8, 4) is 34.0 Å². The third-order valence-electron chi connectivity index (χ3n) is 5.30. The molecule has 1 aliphatic heterocycles. The summed E-state index contributed by atoms with van der Waals surface area (Å²) >= 11 is 1.71. The normalized spacial score (nSPS) is 12.5. The fraction of sp³-hybridized carbons (Fsp3) is 0.231. The maximum Gasteiger partial charge on any atom is 0.231 e. The number of amides is 1. The molecule has 0 saturated carbocycles. The lowest BCUT2D eigenvalue weighted by molar-refractivity contribution is -0.115. The van der Waals surface area contributed by atoms with Crippen molar-refractivity contribution in [3.05, 3.63) is 66.2 Å². The lowest BCUT2D eigenvalue weighted by Gasteiger charge is -2.21. The third kappa shape index (κ3) is 5.30. The number of aromatic amines is 1. The summed E-state index contributed by atoms with van der Waals surface area (Å²) in [5.74, 6) is 1.77. The van der Waals surface area contributed by atoms with Gasteiger partial charge in [0.25, 0.3) is 0 Å². The number of tetrazole rings is 1. The molecule has 35 heavy (non-hydrogen) atoms. The van der Waals surface area contributed by atoms with Crippen molar-refractivity contribution in [3.63, 3.8) is 0 Å². The molecule has 1 amide bonds. The molecule has 1 aliphatic rings. The number of nitrogens with zero attached hydrogens (tertiary/aromatic N) is 3. The largest absolute Gasteiger partial charge is 0.454 e. The van der Waals surface area contributed by atoms with Crippen LogP contribution in [0.5, 0.6) is 11.5 Å². The van der Waals surface area contributed by atoms with E-state index < -0.39 is 0 Å². The number of rotatable bonds is 6. The van der Waals surface area contributed by atoms with Gasteiger partial charge in [0, 0.05) is 15.2 Å². The fourth-order valence-electron chi connectivity index (χ4n) is 3.85. The highest BCUT2D eigenvalue weighted by molar-refractivity contribution is 8.00. The smallest absolute Gasteiger partial charge is 0.231 e. The standard InChI is InChI=1S/C26H25N5O3S/c1-26(2,3)35-23-11-9-17(18-6-4-5-7-19(18)25-28-30-31-29-25)14-20(23)27-24(32)13-16-8-10-21-22(12-16)34-15-33-21/h4-12,14H,13,15H2,1-3H3,(H,27,32)(H,28,29,30,31). The predicted octanol–water partition coefficient (Wildman–Crippen LogP) is 5.33. The number of fused-ring (bicyclic) bond motifs is 1. The van der Waals surface area contributed by atoms with Crippen LogP contribution in [0.2, 0.25) is 0 Å². The van der Waals surface area contributed by atoms with Gasteiger partial charge in [0.15, 0.2) is 11.5 Å². The Morgan fingerprint density at radius 1 is 1.03 bits per heavy atom. The van der Waals surface area contributed by atoms with Crippen LogP contribution in [0.4, 0.5) is 5.69 Å². The molecule has 0 atom stereocenters. The number of H-pyrrole nitrogens is 1. The lowest BCUT2D eigenvalue weighted by Crippen LogP contribution is -2.16. The molecule has 8 nitrogen and oxygen atoms in total. The van der Waals surface area contributed by atoms with Gasteiger partial charge in [0.05, 0.1) is 12.1 Å². The Kier molecular flexibility index (Phi) is 6.17. The van der Waals surface area contributed by atoms with E-state index in [0.717, 1.165) is 32.8 Å². The molecule has 0 saturated heterocycles. The molecule has 2 N–H and O–H groups in total. The van der Waals surface area contributed by atoms with Crippen molar-refractivity contribution >= 4 is 23.4 Å². The van der Waals surface area contributed by atoms with Gasteiger partial charge in [-0.1, -0.05) is 57.2 Å². The van der Waals surface area contributed by atoms with Gasteiger partial charge in [-0.05, 0) is 46.2 Å². The van der Waals surface area contributed by atoms with Crippen LogP contribution in [0.1, 0.15) is 26.3 Å². The van der Waals surface area contributed by atoms with E-state index in [1.54, 1.807) is 11.8 Å². The highest BCUT2D eigenvalue weighted by Gasteiger charge is 2.19. The molecular formula is C26H25N5O3S. The molecule has 2 heterocycles. The number of carbonyl (C=O) groups excluding carboxylic acids is 1. The van der Waals surface area contributed by atoms with E-state index in [-0.39, 0.29) is 23.9 Å². The number of carbonyl (C=O) groups is 1. The monoisotopic (exact) mass is 487 g/mol. The van der Waals surface area contributed by atoms with Crippen LogP contribution < -0.4 is 14.8 Å². The Morgan fingerprint density at radius 2 is 1.83 bits per heavy atom. The maximum atomic E-state index is 13.1. The van der Waals surface area contributed by atoms with Crippen molar-refractivity contribution in [2.45, 2.75) is 36.8 Å². The molecule has 4 aromatic rings. The van der Waals surface area contributed by atoms with Crippen LogP contribution in [-0.4, -0.2) is 38.1 Å². The topological polar surface area (TPSA) is 102 Å². The minimum absolute atomic E-state index is 0.0269. The minimum Gasteiger partial charge on any atom is -0.454 e. The van der Waals surface area contributed by atoms with Gasteiger partial charge >= 0.3 is 0 Å². The Balaban J connectivity index is 1.46. The second-order valence-electron chi connectivity index (χ2n) is 9.12. The molecular weight excluding hydrogens is 462 g/mol. The van der Waals surface area contributed by atoms with Gasteiger partial charge in [0.1, 0.15) is 0 Å². The van der Waals surface area contributed by atoms with Gasteiger partial charge in [-0.25, -0.2) is 0 Å². The molecule has 9 heteroatoms. The first kappa shape index (κ1) is 22.9. The van der Waals surface area contributed by atoms with E-state index in [1.165, 1.54) is 0 Å². The average molecular weight is 488 g/mol. The molecule has 0 spiro atoms. The summed E-state index contributed by atoms with van der Waals surface area (Å²) in [6.07, 6.45) is 0.222. The maximum absolute atomic E-state index is 13.1. The van der Waals surface area contributed by atoms with Gasteiger partial charge in [-0.15, -0.1) is 22.0 Å². The number of hydrogen-bond acceptors (Lipinski definition) is 7. The van der Waals surface area contributed by atoms with E-state index >= 15 is 0 Å². The van der Waals surface area contributed by atoms with Crippen LogP contribution in [-0.2, 0) is 11.2 Å². The number of nitrogens with one attached hydrogen (secondary N) is 2. The number of anilines is 1. The number of benzene rings is 3. The van der Waals surface area contributed by atoms with Crippen LogP contribution in [0.25, 0.3) is 22.5 Å². The molecule has 5 rings (SSSR count). The van der Waals surface area contributed by atoms with Gasteiger partial charge in [-0.3, -0.25) is 4.79 Å². The Hall–Kier alpha value is -3.85. The minimum atomic E-state index is -0.108. The molecule has 1 aromatic heterocycles. The highest BCUT2D eigenvalue weighted by Crippen LogP contribution is 2.40. The van der Waals surface area contributed by atoms with Crippen molar-refractivity contribution in [2.75, 3.05) is 12.1 Å². The average Bonchev–Trinajstić information content (AvgIpc) is 3.51.